The summed E-state index contributed by atoms with van der Waals surface area (Å²) in [6, 6.07) is 8.89. The lowest BCUT2D eigenvalue weighted by molar-refractivity contribution is 0.123. The van der Waals surface area contributed by atoms with Crippen molar-refractivity contribution < 1.29 is 4.74 Å². The van der Waals surface area contributed by atoms with E-state index in [0.29, 0.717) is 6.04 Å². The van der Waals surface area contributed by atoms with Gasteiger partial charge in [0.05, 0.1) is 12.6 Å². The predicted octanol–water partition coefficient (Wildman–Crippen LogP) is 3.98. The molecule has 0 aliphatic rings. The van der Waals surface area contributed by atoms with Gasteiger partial charge < -0.3 is 10.1 Å². The Labute approximate surface area is 113 Å². The number of benzene rings is 1. The molecule has 2 aromatic rings. The summed E-state index contributed by atoms with van der Waals surface area (Å²) >= 11 is 1.81. The van der Waals surface area contributed by atoms with Crippen molar-refractivity contribution in [1.29, 1.82) is 0 Å². The van der Waals surface area contributed by atoms with Gasteiger partial charge in [-0.2, -0.15) is 0 Å². The Balaban J connectivity index is 2.22. The second kappa shape index (κ2) is 6.88. The van der Waals surface area contributed by atoms with Crippen LogP contribution in [0.25, 0.3) is 10.1 Å². The van der Waals surface area contributed by atoms with Crippen molar-refractivity contribution >= 4 is 21.4 Å². The van der Waals surface area contributed by atoms with Gasteiger partial charge in [-0.05, 0) is 42.3 Å². The molecule has 0 amide bonds. The molecule has 0 spiro atoms. The lowest BCUT2D eigenvalue weighted by Crippen LogP contribution is -2.26. The summed E-state index contributed by atoms with van der Waals surface area (Å²) in [5, 5.41) is 7.20. The lowest BCUT2D eigenvalue weighted by atomic mass is 10.1. The molecule has 3 heteroatoms. The van der Waals surface area contributed by atoms with Gasteiger partial charge in [-0.25, -0.2) is 0 Å². The minimum Gasteiger partial charge on any atom is -0.380 e. The first-order valence-corrected chi connectivity index (χ1v) is 7.52. The maximum Gasteiger partial charge on any atom is 0.0661 e. The van der Waals surface area contributed by atoms with Gasteiger partial charge in [0.15, 0.2) is 0 Å². The van der Waals surface area contributed by atoms with Gasteiger partial charge in [0.25, 0.3) is 0 Å². The van der Waals surface area contributed by atoms with E-state index in [-0.39, 0.29) is 0 Å². The van der Waals surface area contributed by atoms with Crippen LogP contribution in [-0.2, 0) is 4.74 Å². The molecule has 0 aliphatic carbocycles. The molecule has 0 fully saturated rings. The molecule has 2 rings (SSSR count). The summed E-state index contributed by atoms with van der Waals surface area (Å²) < 4.78 is 6.96. The molecular formula is C15H21NOS. The highest BCUT2D eigenvalue weighted by molar-refractivity contribution is 7.17. The zero-order valence-electron chi connectivity index (χ0n) is 11.1. The highest BCUT2D eigenvalue weighted by Gasteiger charge is 2.15. The number of hydrogen-bond acceptors (Lipinski definition) is 3. The molecule has 0 radical (unpaired) electrons. The zero-order valence-corrected chi connectivity index (χ0v) is 11.9. The summed E-state index contributed by atoms with van der Waals surface area (Å²) in [5.74, 6) is 0. The molecule has 98 valence electrons. The molecule has 0 bridgehead atoms. The molecule has 1 aromatic carbocycles. The largest absolute Gasteiger partial charge is 0.380 e. The highest BCUT2D eigenvalue weighted by Crippen LogP contribution is 2.30. The van der Waals surface area contributed by atoms with Crippen LogP contribution in [0.4, 0.5) is 0 Å². The van der Waals surface area contributed by atoms with Gasteiger partial charge in [-0.15, -0.1) is 11.3 Å². The van der Waals surface area contributed by atoms with Crippen molar-refractivity contribution in [2.75, 3.05) is 19.8 Å². The van der Waals surface area contributed by atoms with Gasteiger partial charge in [-0.3, -0.25) is 0 Å². The molecule has 1 atom stereocenters. The first kappa shape index (κ1) is 13.5. The molecule has 1 aromatic heterocycles. The van der Waals surface area contributed by atoms with Crippen LogP contribution in [0.3, 0.4) is 0 Å². The van der Waals surface area contributed by atoms with Crippen molar-refractivity contribution in [3.05, 3.63) is 35.2 Å². The number of fused-ring (bicyclic) bond motifs is 1. The first-order chi connectivity index (χ1) is 8.86. The minimum atomic E-state index is 0.307. The van der Waals surface area contributed by atoms with E-state index in [4.69, 9.17) is 4.74 Å². The molecule has 18 heavy (non-hydrogen) atoms. The second-order valence-electron chi connectivity index (χ2n) is 4.35. The summed E-state index contributed by atoms with van der Waals surface area (Å²) in [6.45, 7) is 6.78. The predicted molar refractivity (Wildman–Crippen MR) is 79.4 cm³/mol. The minimum absolute atomic E-state index is 0.307. The Bertz CT molecular complexity index is 472. The van der Waals surface area contributed by atoms with Crippen LogP contribution in [0.15, 0.2) is 29.6 Å². The molecular weight excluding hydrogens is 242 g/mol. The summed E-state index contributed by atoms with van der Waals surface area (Å²) in [4.78, 5) is 0. The first-order valence-electron chi connectivity index (χ1n) is 6.64. The molecule has 0 aliphatic heterocycles. The number of ether oxygens (including phenoxy) is 1. The smallest absolute Gasteiger partial charge is 0.0661 e. The average Bonchev–Trinajstić information content (AvgIpc) is 2.83. The monoisotopic (exact) mass is 263 g/mol. The Hall–Kier alpha value is -0.900. The zero-order chi connectivity index (χ0) is 12.8. The maximum absolute atomic E-state index is 5.61. The van der Waals surface area contributed by atoms with Gasteiger partial charge in [-0.1, -0.05) is 25.1 Å². The Morgan fingerprint density at radius 1 is 1.28 bits per heavy atom. The SMILES string of the molecule is CCCNC(COCC)c1csc2ccccc12. The van der Waals surface area contributed by atoms with Crippen molar-refractivity contribution in [3.63, 3.8) is 0 Å². The molecule has 2 nitrogen and oxygen atoms in total. The maximum atomic E-state index is 5.61. The van der Waals surface area contributed by atoms with E-state index in [1.807, 2.05) is 18.3 Å². The van der Waals surface area contributed by atoms with Crippen molar-refractivity contribution in [1.82, 2.24) is 5.32 Å². The number of rotatable bonds is 7. The Kier molecular flexibility index (Phi) is 5.17. The van der Waals surface area contributed by atoms with Gasteiger partial charge in [0, 0.05) is 11.3 Å². The van der Waals surface area contributed by atoms with Crippen LogP contribution in [0, 0.1) is 0 Å². The summed E-state index contributed by atoms with van der Waals surface area (Å²) in [6.07, 6.45) is 1.14. The van der Waals surface area contributed by atoms with E-state index >= 15 is 0 Å². The second-order valence-corrected chi connectivity index (χ2v) is 5.26. The van der Waals surface area contributed by atoms with Gasteiger partial charge in [0.1, 0.15) is 0 Å². The molecule has 1 heterocycles. The van der Waals surface area contributed by atoms with Crippen LogP contribution >= 0.6 is 11.3 Å². The third-order valence-electron chi connectivity index (χ3n) is 3.02. The average molecular weight is 263 g/mol. The summed E-state index contributed by atoms with van der Waals surface area (Å²) in [7, 11) is 0. The van der Waals surface area contributed by atoms with Gasteiger partial charge in [0.2, 0.25) is 0 Å². The fraction of sp³-hybridized carbons (Fsp3) is 0.467. The van der Waals surface area contributed by atoms with Gasteiger partial charge >= 0.3 is 0 Å². The Morgan fingerprint density at radius 3 is 2.89 bits per heavy atom. The number of nitrogens with one attached hydrogen (secondary N) is 1. The molecule has 1 unspecified atom stereocenters. The topological polar surface area (TPSA) is 21.3 Å². The van der Waals surface area contributed by atoms with E-state index in [1.54, 1.807) is 0 Å². The van der Waals surface area contributed by atoms with Crippen LogP contribution in [-0.4, -0.2) is 19.8 Å². The highest BCUT2D eigenvalue weighted by atomic mass is 32.1. The van der Waals surface area contributed by atoms with Crippen LogP contribution in [0.5, 0.6) is 0 Å². The van der Waals surface area contributed by atoms with Crippen molar-refractivity contribution in [2.24, 2.45) is 0 Å². The normalized spacial score (nSPS) is 13.0. The Morgan fingerprint density at radius 2 is 2.11 bits per heavy atom. The van der Waals surface area contributed by atoms with E-state index in [2.05, 4.69) is 41.9 Å². The van der Waals surface area contributed by atoms with E-state index in [1.165, 1.54) is 15.6 Å². The molecule has 0 saturated carbocycles. The lowest BCUT2D eigenvalue weighted by Gasteiger charge is -2.18. The summed E-state index contributed by atoms with van der Waals surface area (Å²) in [5.41, 5.74) is 1.37. The quantitative estimate of drug-likeness (QED) is 0.816. The van der Waals surface area contributed by atoms with Crippen LogP contribution < -0.4 is 5.32 Å². The van der Waals surface area contributed by atoms with Crippen molar-refractivity contribution in [2.45, 2.75) is 26.3 Å². The third-order valence-corrected chi connectivity index (χ3v) is 4.00. The van der Waals surface area contributed by atoms with E-state index < -0.39 is 0 Å². The third kappa shape index (κ3) is 3.10. The molecule has 1 N–H and O–H groups in total. The number of hydrogen-bond donors (Lipinski definition) is 1. The van der Waals surface area contributed by atoms with E-state index in [0.717, 1.165) is 26.2 Å². The number of thiophene rings is 1. The molecule has 0 saturated heterocycles. The van der Waals surface area contributed by atoms with Crippen LogP contribution in [0.1, 0.15) is 31.9 Å². The fourth-order valence-electron chi connectivity index (χ4n) is 2.08. The van der Waals surface area contributed by atoms with Crippen molar-refractivity contribution in [3.8, 4) is 0 Å². The standard InChI is InChI=1S/C15H21NOS/c1-3-9-16-14(10-17-4-2)13-11-18-15-8-6-5-7-12(13)15/h5-8,11,14,16H,3-4,9-10H2,1-2H3. The fourth-order valence-corrected chi connectivity index (χ4v) is 3.10. The van der Waals surface area contributed by atoms with Crippen LogP contribution in [0.2, 0.25) is 0 Å². The van der Waals surface area contributed by atoms with E-state index in [9.17, 15) is 0 Å².